The van der Waals surface area contributed by atoms with Crippen molar-refractivity contribution in [2.75, 3.05) is 45.9 Å². The number of morpholine rings is 1. The molecule has 0 radical (unpaired) electrons. The zero-order valence-electron chi connectivity index (χ0n) is 19.3. The molecule has 9 nitrogen and oxygen atoms in total. The number of halogens is 1. The lowest BCUT2D eigenvalue weighted by Gasteiger charge is -2.38. The molecule has 0 bridgehead atoms. The van der Waals surface area contributed by atoms with Gasteiger partial charge < -0.3 is 25.0 Å². The molecule has 2 unspecified atom stereocenters. The normalized spacial score (nSPS) is 25.2. The van der Waals surface area contributed by atoms with Crippen LogP contribution in [0.2, 0.25) is 0 Å². The van der Waals surface area contributed by atoms with Gasteiger partial charge in [-0.3, -0.25) is 4.90 Å². The third kappa shape index (κ3) is 7.83. The molecule has 0 spiro atoms. The Hall–Kier alpha value is -0.980. The van der Waals surface area contributed by atoms with Gasteiger partial charge in [-0.2, -0.15) is 0 Å². The van der Waals surface area contributed by atoms with E-state index in [2.05, 4.69) is 32.7 Å². The monoisotopic (exact) mass is 549 g/mol. The molecule has 1 aliphatic heterocycles. The minimum atomic E-state index is -0.261. The summed E-state index contributed by atoms with van der Waals surface area (Å²) in [5, 5.41) is 25.8. The highest BCUT2D eigenvalue weighted by molar-refractivity contribution is 14.0. The van der Waals surface area contributed by atoms with Gasteiger partial charge in [-0.25, -0.2) is 4.99 Å². The number of nitrogens with one attached hydrogen (secondary N) is 2. The number of aryl methyl sites for hydroxylation is 1. The number of aliphatic hydroxyl groups is 1. The summed E-state index contributed by atoms with van der Waals surface area (Å²) >= 11 is 0. The Labute approximate surface area is 203 Å². The van der Waals surface area contributed by atoms with Gasteiger partial charge in [0.2, 0.25) is 0 Å². The predicted molar refractivity (Wildman–Crippen MR) is 133 cm³/mol. The molecular formula is C21H40IN7O2. The van der Waals surface area contributed by atoms with E-state index < -0.39 is 0 Å². The molecule has 1 aliphatic carbocycles. The molecule has 1 saturated carbocycles. The molecule has 178 valence electrons. The minimum absolute atomic E-state index is 0. The first kappa shape index (κ1) is 26.3. The highest BCUT2D eigenvalue weighted by Gasteiger charge is 2.35. The van der Waals surface area contributed by atoms with Gasteiger partial charge in [0.1, 0.15) is 12.4 Å². The molecule has 2 fully saturated rings. The van der Waals surface area contributed by atoms with Crippen LogP contribution >= 0.6 is 24.0 Å². The van der Waals surface area contributed by atoms with Crippen LogP contribution in [0.4, 0.5) is 0 Å². The van der Waals surface area contributed by atoms with Crippen LogP contribution in [-0.2, 0) is 18.3 Å². The van der Waals surface area contributed by atoms with Crippen molar-refractivity contribution in [1.29, 1.82) is 0 Å². The highest BCUT2D eigenvalue weighted by Crippen LogP contribution is 2.35. The quantitative estimate of drug-likeness (QED) is 0.195. The molecule has 3 N–H and O–H groups in total. The number of aliphatic imine (C=N–C) groups is 1. The first-order valence-corrected chi connectivity index (χ1v) is 11.3. The average Bonchev–Trinajstić information content (AvgIpc) is 3.07. The number of aliphatic hydroxyl groups excluding tert-OH is 1. The van der Waals surface area contributed by atoms with Gasteiger partial charge in [0, 0.05) is 38.6 Å². The second-order valence-corrected chi connectivity index (χ2v) is 8.89. The van der Waals surface area contributed by atoms with Crippen LogP contribution in [0.5, 0.6) is 0 Å². The van der Waals surface area contributed by atoms with E-state index in [0.717, 1.165) is 82.7 Å². The van der Waals surface area contributed by atoms with Crippen LogP contribution in [0, 0.1) is 12.3 Å². The fourth-order valence-electron chi connectivity index (χ4n) is 4.12. The van der Waals surface area contributed by atoms with E-state index in [1.165, 1.54) is 6.42 Å². The molecule has 2 aliphatic rings. The molecule has 2 heterocycles. The molecular weight excluding hydrogens is 509 g/mol. The average molecular weight is 550 g/mol. The maximum Gasteiger partial charge on any atom is 0.191 e. The maximum atomic E-state index is 10.5. The maximum absolute atomic E-state index is 10.5. The number of aromatic nitrogens is 3. The van der Waals surface area contributed by atoms with Gasteiger partial charge in [0.25, 0.3) is 0 Å². The van der Waals surface area contributed by atoms with E-state index in [1.807, 2.05) is 18.5 Å². The summed E-state index contributed by atoms with van der Waals surface area (Å²) in [4.78, 5) is 7.19. The van der Waals surface area contributed by atoms with Crippen LogP contribution in [0.25, 0.3) is 0 Å². The van der Waals surface area contributed by atoms with Crippen molar-refractivity contribution < 1.29 is 9.84 Å². The Morgan fingerprint density at radius 2 is 2.03 bits per heavy atom. The van der Waals surface area contributed by atoms with Crippen molar-refractivity contribution >= 4 is 29.9 Å². The summed E-state index contributed by atoms with van der Waals surface area (Å²) in [6, 6.07) is 0. The van der Waals surface area contributed by atoms with E-state index >= 15 is 0 Å². The molecule has 0 aromatic carbocycles. The highest BCUT2D eigenvalue weighted by atomic mass is 127. The summed E-state index contributed by atoms with van der Waals surface area (Å²) in [7, 11) is 1.96. The first-order chi connectivity index (χ1) is 14.5. The number of guanidine groups is 1. The largest absolute Gasteiger partial charge is 0.392 e. The summed E-state index contributed by atoms with van der Waals surface area (Å²) in [6.45, 7) is 10.9. The Bertz CT molecular complexity index is 693. The number of ether oxygens (including phenoxy) is 1. The molecule has 1 saturated heterocycles. The second-order valence-electron chi connectivity index (χ2n) is 8.89. The fraction of sp³-hybridized carbons (Fsp3) is 0.857. The van der Waals surface area contributed by atoms with Gasteiger partial charge in [0.15, 0.2) is 11.8 Å². The van der Waals surface area contributed by atoms with Crippen molar-refractivity contribution in [1.82, 2.24) is 30.3 Å². The van der Waals surface area contributed by atoms with Crippen molar-refractivity contribution in [3.63, 3.8) is 0 Å². The third-order valence-electron chi connectivity index (χ3n) is 6.55. The van der Waals surface area contributed by atoms with Gasteiger partial charge in [-0.1, -0.05) is 19.8 Å². The molecule has 3 rings (SSSR count). The number of hydrogen-bond acceptors (Lipinski definition) is 6. The van der Waals surface area contributed by atoms with E-state index in [-0.39, 0.29) is 35.5 Å². The standard InChI is InChI=1S/C21H39N7O2.HI/c1-17-25-26-19(27(17)3)15-23-20(22-9-6-10-28-11-13-30-14-12-28)24-16-21(2)8-5-4-7-18(21)29;/h18,29H,4-16H2,1-3H3,(H2,22,23,24);1H. The third-order valence-corrected chi connectivity index (χ3v) is 6.55. The first-order valence-electron chi connectivity index (χ1n) is 11.3. The molecule has 2 atom stereocenters. The molecule has 1 aromatic rings. The van der Waals surface area contributed by atoms with Gasteiger partial charge in [0.05, 0.1) is 19.3 Å². The van der Waals surface area contributed by atoms with Gasteiger partial charge in [-0.05, 0) is 32.7 Å². The van der Waals surface area contributed by atoms with Crippen molar-refractivity contribution in [2.45, 2.75) is 58.6 Å². The summed E-state index contributed by atoms with van der Waals surface area (Å²) in [6.07, 6.45) is 4.99. The van der Waals surface area contributed by atoms with E-state index in [1.54, 1.807) is 0 Å². The van der Waals surface area contributed by atoms with E-state index in [9.17, 15) is 5.11 Å². The SMILES string of the molecule is Cc1nnc(CN=C(NCCCN2CCOCC2)NCC2(C)CCCCC2O)n1C.I. The Morgan fingerprint density at radius 3 is 2.71 bits per heavy atom. The van der Waals surface area contributed by atoms with Crippen LogP contribution in [0.1, 0.15) is 50.7 Å². The smallest absolute Gasteiger partial charge is 0.191 e. The Balaban J connectivity index is 0.00000341. The lowest BCUT2D eigenvalue weighted by Crippen LogP contribution is -2.48. The summed E-state index contributed by atoms with van der Waals surface area (Å²) < 4.78 is 7.38. The van der Waals surface area contributed by atoms with Crippen LogP contribution in [0.3, 0.4) is 0 Å². The predicted octanol–water partition coefficient (Wildman–Crippen LogP) is 1.44. The zero-order valence-corrected chi connectivity index (χ0v) is 21.6. The topological polar surface area (TPSA) is 99.8 Å². The minimum Gasteiger partial charge on any atom is -0.392 e. The van der Waals surface area contributed by atoms with Crippen LogP contribution < -0.4 is 10.6 Å². The molecule has 10 heteroatoms. The molecule has 31 heavy (non-hydrogen) atoms. The lowest BCUT2D eigenvalue weighted by atomic mass is 9.73. The number of nitrogens with zero attached hydrogens (tertiary/aromatic N) is 5. The van der Waals surface area contributed by atoms with E-state index in [0.29, 0.717) is 13.1 Å². The van der Waals surface area contributed by atoms with E-state index in [4.69, 9.17) is 9.73 Å². The number of rotatable bonds is 8. The summed E-state index contributed by atoms with van der Waals surface area (Å²) in [5.74, 6) is 2.49. The number of hydrogen-bond donors (Lipinski definition) is 3. The van der Waals surface area contributed by atoms with Crippen molar-refractivity contribution in [2.24, 2.45) is 17.5 Å². The Morgan fingerprint density at radius 1 is 1.26 bits per heavy atom. The lowest BCUT2D eigenvalue weighted by molar-refractivity contribution is 0.00396. The molecule has 1 aromatic heterocycles. The van der Waals surface area contributed by atoms with Crippen LogP contribution in [-0.4, -0.2) is 82.8 Å². The zero-order chi connectivity index (χ0) is 21.4. The molecule has 0 amide bonds. The van der Waals surface area contributed by atoms with Gasteiger partial charge in [-0.15, -0.1) is 34.2 Å². The fourth-order valence-corrected chi connectivity index (χ4v) is 4.12. The van der Waals surface area contributed by atoms with Crippen LogP contribution in [0.15, 0.2) is 4.99 Å². The van der Waals surface area contributed by atoms with Crippen molar-refractivity contribution in [3.05, 3.63) is 11.6 Å². The second kappa shape index (κ2) is 12.9. The Kier molecular flexibility index (Phi) is 10.9. The summed E-state index contributed by atoms with van der Waals surface area (Å²) in [5.41, 5.74) is -0.115. The van der Waals surface area contributed by atoms with Gasteiger partial charge >= 0.3 is 0 Å². The van der Waals surface area contributed by atoms with Crippen molar-refractivity contribution in [3.8, 4) is 0 Å².